The maximum absolute atomic E-state index is 9.73. The van der Waals surface area contributed by atoms with E-state index in [4.69, 9.17) is 4.99 Å². The summed E-state index contributed by atoms with van der Waals surface area (Å²) in [6.07, 6.45) is 7.36. The molecule has 0 aliphatic carbocycles. The standard InChI is InChI=1S/C27H42N6O/c1-6-7-12-25-22(2)31(5)26(29-27(25)28-13-9-14-30(3)4)21-33-17-15-32(16-18-33)20-23-10-8-11-24(34)19-23/h6-8,10-12,19,26,34H,2,9,13-18,20-21H2,1,3-5H3,(H,28,29)/b7-6-,25-12+. The molecular weight excluding hydrogens is 424 g/mol. The molecule has 0 bridgehead atoms. The number of piperazine rings is 1. The van der Waals surface area contributed by atoms with Gasteiger partial charge in [-0.2, -0.15) is 0 Å². The highest BCUT2D eigenvalue weighted by Crippen LogP contribution is 2.22. The molecule has 186 valence electrons. The van der Waals surface area contributed by atoms with E-state index in [-0.39, 0.29) is 6.17 Å². The zero-order chi connectivity index (χ0) is 24.5. The van der Waals surface area contributed by atoms with E-state index >= 15 is 0 Å². The lowest BCUT2D eigenvalue weighted by Gasteiger charge is -2.43. The molecule has 0 aromatic heterocycles. The number of nitrogens with one attached hydrogen (secondary N) is 1. The number of aromatic hydroxyl groups is 1. The summed E-state index contributed by atoms with van der Waals surface area (Å²) in [5.74, 6) is 1.29. The van der Waals surface area contributed by atoms with Gasteiger partial charge in [-0.05, 0) is 57.8 Å². The number of benzene rings is 1. The highest BCUT2D eigenvalue weighted by Gasteiger charge is 2.30. The minimum absolute atomic E-state index is 0.139. The van der Waals surface area contributed by atoms with Crippen molar-refractivity contribution in [3.63, 3.8) is 0 Å². The summed E-state index contributed by atoms with van der Waals surface area (Å²) < 4.78 is 0. The summed E-state index contributed by atoms with van der Waals surface area (Å²) in [7, 11) is 6.31. The van der Waals surface area contributed by atoms with Crippen LogP contribution in [-0.2, 0) is 6.54 Å². The molecule has 0 spiro atoms. The van der Waals surface area contributed by atoms with Crippen LogP contribution in [0.3, 0.4) is 0 Å². The molecule has 1 aromatic carbocycles. The van der Waals surface area contributed by atoms with Gasteiger partial charge in [-0.1, -0.05) is 30.9 Å². The maximum atomic E-state index is 9.73. The molecule has 2 aliphatic rings. The minimum atomic E-state index is 0.139. The molecule has 0 amide bonds. The predicted octanol–water partition coefficient (Wildman–Crippen LogP) is 2.74. The van der Waals surface area contributed by atoms with Gasteiger partial charge in [0.15, 0.2) is 0 Å². The van der Waals surface area contributed by atoms with Gasteiger partial charge < -0.3 is 20.2 Å². The van der Waals surface area contributed by atoms with E-state index < -0.39 is 0 Å². The lowest BCUT2D eigenvalue weighted by atomic mass is 10.1. The Morgan fingerprint density at radius 1 is 1.21 bits per heavy atom. The van der Waals surface area contributed by atoms with Gasteiger partial charge in [0, 0.05) is 64.1 Å². The van der Waals surface area contributed by atoms with E-state index in [1.54, 1.807) is 6.07 Å². The SMILES string of the molecule is C=C1/C(=C\C=C/C)C(=NCCCN(C)C)NC(CN2CCN(Cc3cccc(O)c3)CC2)N1C. The fourth-order valence-electron chi connectivity index (χ4n) is 4.38. The van der Waals surface area contributed by atoms with Gasteiger partial charge in [-0.15, -0.1) is 0 Å². The molecule has 2 N–H and O–H groups in total. The smallest absolute Gasteiger partial charge is 0.131 e. The third-order valence-electron chi connectivity index (χ3n) is 6.46. The van der Waals surface area contributed by atoms with Gasteiger partial charge in [0.25, 0.3) is 0 Å². The normalized spacial score (nSPS) is 22.9. The second kappa shape index (κ2) is 12.7. The lowest BCUT2D eigenvalue weighted by molar-refractivity contribution is 0.0983. The van der Waals surface area contributed by atoms with Crippen molar-refractivity contribution in [3.05, 3.63) is 65.9 Å². The Hall–Kier alpha value is -2.61. The molecule has 0 saturated carbocycles. The summed E-state index contributed by atoms with van der Waals surface area (Å²) in [4.78, 5) is 14.3. The molecular formula is C27H42N6O. The van der Waals surface area contributed by atoms with Crippen molar-refractivity contribution in [1.29, 1.82) is 0 Å². The summed E-state index contributed by atoms with van der Waals surface area (Å²) in [5, 5.41) is 13.4. The number of hydrogen-bond donors (Lipinski definition) is 2. The van der Waals surface area contributed by atoms with E-state index in [1.165, 1.54) is 0 Å². The van der Waals surface area contributed by atoms with Crippen LogP contribution in [0.2, 0.25) is 0 Å². The van der Waals surface area contributed by atoms with Crippen molar-refractivity contribution < 1.29 is 5.11 Å². The van der Waals surface area contributed by atoms with Crippen LogP contribution in [0, 0.1) is 0 Å². The van der Waals surface area contributed by atoms with Crippen LogP contribution in [0.25, 0.3) is 0 Å². The summed E-state index contributed by atoms with van der Waals surface area (Å²) in [5.41, 5.74) is 3.24. The number of hydrogen-bond acceptors (Lipinski definition) is 6. The van der Waals surface area contributed by atoms with Crippen molar-refractivity contribution in [2.45, 2.75) is 26.1 Å². The van der Waals surface area contributed by atoms with Gasteiger partial charge in [0.05, 0.1) is 0 Å². The Labute approximate surface area is 205 Å². The van der Waals surface area contributed by atoms with Gasteiger partial charge >= 0.3 is 0 Å². The van der Waals surface area contributed by atoms with E-state index in [0.717, 1.165) is 81.4 Å². The van der Waals surface area contributed by atoms with Gasteiger partial charge in [-0.3, -0.25) is 14.8 Å². The highest BCUT2D eigenvalue weighted by atomic mass is 16.3. The van der Waals surface area contributed by atoms with E-state index in [9.17, 15) is 5.11 Å². The largest absolute Gasteiger partial charge is 0.508 e. The molecule has 3 rings (SSSR count). The fraction of sp³-hybridized carbons (Fsp3) is 0.519. The van der Waals surface area contributed by atoms with Crippen LogP contribution in [0.5, 0.6) is 5.75 Å². The predicted molar refractivity (Wildman–Crippen MR) is 142 cm³/mol. The average Bonchev–Trinajstić information content (AvgIpc) is 2.81. The van der Waals surface area contributed by atoms with Crippen LogP contribution in [-0.4, -0.2) is 104 Å². The van der Waals surface area contributed by atoms with E-state index in [0.29, 0.717) is 5.75 Å². The maximum Gasteiger partial charge on any atom is 0.131 e. The average molecular weight is 467 g/mol. The van der Waals surface area contributed by atoms with Crippen molar-refractivity contribution in [2.24, 2.45) is 4.99 Å². The second-order valence-corrected chi connectivity index (χ2v) is 9.46. The first-order chi connectivity index (χ1) is 16.4. The second-order valence-electron chi connectivity index (χ2n) is 9.46. The topological polar surface area (TPSA) is 57.6 Å². The molecule has 2 saturated heterocycles. The van der Waals surface area contributed by atoms with Crippen molar-refractivity contribution in [3.8, 4) is 5.75 Å². The molecule has 1 unspecified atom stereocenters. The number of allylic oxidation sites excluding steroid dienone is 3. The molecule has 0 radical (unpaired) electrons. The highest BCUT2D eigenvalue weighted by molar-refractivity contribution is 6.03. The van der Waals surface area contributed by atoms with Crippen LogP contribution in [0.15, 0.2) is 65.3 Å². The van der Waals surface area contributed by atoms with Crippen LogP contribution in [0.4, 0.5) is 0 Å². The van der Waals surface area contributed by atoms with Crippen LogP contribution >= 0.6 is 0 Å². The molecule has 7 nitrogen and oxygen atoms in total. The number of likely N-dealkylation sites (N-methyl/N-ethyl adjacent to an activating group) is 1. The Kier molecular flexibility index (Phi) is 9.74. The zero-order valence-corrected chi connectivity index (χ0v) is 21.4. The molecule has 1 aromatic rings. The first kappa shape index (κ1) is 26.0. The molecule has 1 atom stereocenters. The summed E-state index contributed by atoms with van der Waals surface area (Å²) >= 11 is 0. The quantitative estimate of drug-likeness (QED) is 0.546. The number of amidine groups is 1. The Morgan fingerprint density at radius 3 is 2.62 bits per heavy atom. The number of phenols is 1. The third kappa shape index (κ3) is 7.45. The van der Waals surface area contributed by atoms with Gasteiger partial charge in [-0.25, -0.2) is 0 Å². The molecule has 2 fully saturated rings. The Bertz CT molecular complexity index is 898. The Balaban J connectivity index is 1.59. The van der Waals surface area contributed by atoms with E-state index in [2.05, 4.69) is 70.9 Å². The van der Waals surface area contributed by atoms with Gasteiger partial charge in [0.2, 0.25) is 0 Å². The van der Waals surface area contributed by atoms with Crippen molar-refractivity contribution in [1.82, 2.24) is 24.9 Å². The van der Waals surface area contributed by atoms with E-state index in [1.807, 2.05) is 25.1 Å². The molecule has 7 heteroatoms. The molecule has 2 aliphatic heterocycles. The van der Waals surface area contributed by atoms with Crippen molar-refractivity contribution in [2.75, 3.05) is 67.0 Å². The molecule has 2 heterocycles. The number of nitrogens with zero attached hydrogens (tertiary/aromatic N) is 5. The number of aliphatic imine (C=N–C) groups is 1. The summed E-state index contributed by atoms with van der Waals surface area (Å²) in [6.45, 7) is 14.1. The number of rotatable bonds is 9. The third-order valence-corrected chi connectivity index (χ3v) is 6.46. The summed E-state index contributed by atoms with van der Waals surface area (Å²) in [6, 6.07) is 7.58. The Morgan fingerprint density at radius 2 is 1.94 bits per heavy atom. The first-order valence-corrected chi connectivity index (χ1v) is 12.3. The van der Waals surface area contributed by atoms with Crippen LogP contribution in [0.1, 0.15) is 18.9 Å². The fourth-order valence-corrected chi connectivity index (χ4v) is 4.38. The monoisotopic (exact) mass is 466 g/mol. The molecule has 34 heavy (non-hydrogen) atoms. The zero-order valence-electron chi connectivity index (χ0n) is 21.4. The van der Waals surface area contributed by atoms with Crippen LogP contribution < -0.4 is 5.32 Å². The van der Waals surface area contributed by atoms with Crippen molar-refractivity contribution >= 4 is 5.84 Å². The first-order valence-electron chi connectivity index (χ1n) is 12.3. The lowest BCUT2D eigenvalue weighted by Crippen LogP contribution is -2.59. The number of phenolic OH excluding ortho intramolecular Hbond substituents is 1. The minimum Gasteiger partial charge on any atom is -0.508 e. The van der Waals surface area contributed by atoms with Gasteiger partial charge in [0.1, 0.15) is 17.8 Å².